The number of carbonyl (C=O) groups excluding carboxylic acids is 1. The van der Waals surface area contributed by atoms with Gasteiger partial charge in [0.1, 0.15) is 16.9 Å². The molecule has 8 rings (SSSR count). The van der Waals surface area contributed by atoms with Gasteiger partial charge in [-0.15, -0.1) is 0 Å². The van der Waals surface area contributed by atoms with E-state index in [1.807, 2.05) is 25.2 Å². The number of pyridine rings is 1. The van der Waals surface area contributed by atoms with Gasteiger partial charge in [-0.25, -0.2) is 19.9 Å². The number of methoxy groups -OCH3 is 2. The number of hydrogen-bond donors (Lipinski definition) is 0. The molecule has 10 nitrogen and oxygen atoms in total. The first-order chi connectivity index (χ1) is 20.9. The van der Waals surface area contributed by atoms with Crippen LogP contribution in [0.1, 0.15) is 43.0 Å². The highest BCUT2D eigenvalue weighted by Gasteiger charge is 2.46. The number of ether oxygens (including phenoxy) is 2. The fourth-order valence-corrected chi connectivity index (χ4v) is 7.30. The lowest BCUT2D eigenvalue weighted by Crippen LogP contribution is -2.38. The van der Waals surface area contributed by atoms with Crippen molar-refractivity contribution in [2.45, 2.75) is 45.2 Å². The molecule has 4 aromatic heterocycles. The summed E-state index contributed by atoms with van der Waals surface area (Å²) in [6, 6.07) is 10.7. The minimum absolute atomic E-state index is 0.0774. The van der Waals surface area contributed by atoms with Crippen LogP contribution in [0.5, 0.6) is 11.8 Å². The van der Waals surface area contributed by atoms with Gasteiger partial charge in [0.2, 0.25) is 0 Å². The van der Waals surface area contributed by atoms with Gasteiger partial charge in [0, 0.05) is 55.1 Å². The number of fused-ring (bicyclic) bond motifs is 4. The van der Waals surface area contributed by atoms with Crippen molar-refractivity contribution in [3.05, 3.63) is 48.3 Å². The van der Waals surface area contributed by atoms with Crippen LogP contribution in [-0.2, 0) is 13.6 Å². The Bertz CT molecular complexity index is 1890. The fourth-order valence-electron chi connectivity index (χ4n) is 7.30. The maximum Gasteiger partial charge on any atom is 0.316 e. The molecule has 0 N–H and O–H groups in total. The van der Waals surface area contributed by atoms with Crippen LogP contribution < -0.4 is 9.47 Å². The van der Waals surface area contributed by atoms with Crippen molar-refractivity contribution in [2.75, 3.05) is 20.8 Å². The highest BCUT2D eigenvalue weighted by molar-refractivity contribution is 6.00. The Morgan fingerprint density at radius 3 is 2.49 bits per heavy atom. The van der Waals surface area contributed by atoms with Crippen molar-refractivity contribution in [2.24, 2.45) is 24.8 Å². The Hall–Kier alpha value is -4.47. The second-order valence-electron chi connectivity index (χ2n) is 12.4. The molecule has 1 amide bonds. The molecule has 1 aromatic carbocycles. The van der Waals surface area contributed by atoms with Crippen LogP contribution in [0.25, 0.3) is 44.8 Å². The molecule has 10 heteroatoms. The molecule has 3 atom stereocenters. The molecule has 2 aliphatic carbocycles. The van der Waals surface area contributed by atoms with Gasteiger partial charge >= 0.3 is 6.01 Å². The second kappa shape index (κ2) is 9.79. The number of nitrogens with zero attached hydrogens (tertiary/aromatic N) is 7. The number of benzene rings is 1. The third-order valence-electron chi connectivity index (χ3n) is 9.89. The van der Waals surface area contributed by atoms with Gasteiger partial charge in [0.25, 0.3) is 5.91 Å². The smallest absolute Gasteiger partial charge is 0.316 e. The predicted octanol–water partition coefficient (Wildman–Crippen LogP) is 5.34. The number of aromatic nitrogens is 6. The molecule has 5 heterocycles. The summed E-state index contributed by atoms with van der Waals surface area (Å²) in [5.41, 5.74) is 5.80. The molecule has 1 aliphatic heterocycles. The van der Waals surface area contributed by atoms with E-state index < -0.39 is 0 Å². The first-order valence-electron chi connectivity index (χ1n) is 15.2. The third kappa shape index (κ3) is 4.17. The van der Waals surface area contributed by atoms with Crippen LogP contribution in [0.2, 0.25) is 0 Å². The number of carbonyl (C=O) groups is 1. The fraction of sp³-hybridized carbons (Fsp3) is 0.424. The maximum atomic E-state index is 13.7. The van der Waals surface area contributed by atoms with Crippen molar-refractivity contribution < 1.29 is 14.3 Å². The first kappa shape index (κ1) is 26.2. The highest BCUT2D eigenvalue weighted by atomic mass is 16.5. The summed E-state index contributed by atoms with van der Waals surface area (Å²) in [7, 11) is 5.23. The molecule has 0 radical (unpaired) electrons. The van der Waals surface area contributed by atoms with Crippen LogP contribution >= 0.6 is 0 Å². The molecule has 2 saturated carbocycles. The van der Waals surface area contributed by atoms with Gasteiger partial charge in [0.05, 0.1) is 31.1 Å². The zero-order valence-electron chi connectivity index (χ0n) is 24.9. The van der Waals surface area contributed by atoms with Crippen LogP contribution in [0.3, 0.4) is 0 Å². The lowest BCUT2D eigenvalue weighted by molar-refractivity contribution is 0.0696. The van der Waals surface area contributed by atoms with Gasteiger partial charge in [-0.3, -0.25) is 4.79 Å². The topological polar surface area (TPSA) is 100 Å². The number of piperidine rings is 1. The van der Waals surface area contributed by atoms with Crippen LogP contribution in [0.15, 0.2) is 42.7 Å². The van der Waals surface area contributed by atoms with E-state index in [-0.39, 0.29) is 5.91 Å². The molecule has 3 aliphatic rings. The minimum Gasteiger partial charge on any atom is -0.494 e. The summed E-state index contributed by atoms with van der Waals surface area (Å²) in [5.74, 6) is 3.35. The quantitative estimate of drug-likeness (QED) is 0.257. The van der Waals surface area contributed by atoms with Crippen molar-refractivity contribution in [3.8, 4) is 34.5 Å². The van der Waals surface area contributed by atoms with Gasteiger partial charge in [0.15, 0.2) is 5.82 Å². The van der Waals surface area contributed by atoms with Crippen molar-refractivity contribution in [1.29, 1.82) is 0 Å². The Balaban J connectivity index is 1.23. The number of hydrogen-bond acceptors (Lipinski definition) is 7. The maximum absolute atomic E-state index is 13.7. The van der Waals surface area contributed by atoms with Crippen LogP contribution in [0, 0.1) is 17.8 Å². The number of aryl methyl sites for hydroxylation is 1. The molecule has 43 heavy (non-hydrogen) atoms. The van der Waals surface area contributed by atoms with E-state index in [1.54, 1.807) is 26.6 Å². The molecular formula is C33H35N7O3. The highest BCUT2D eigenvalue weighted by Crippen LogP contribution is 2.44. The number of imidazole rings is 1. The Labute approximate surface area is 249 Å². The molecule has 2 unspecified atom stereocenters. The van der Waals surface area contributed by atoms with E-state index in [0.29, 0.717) is 41.1 Å². The molecule has 2 bridgehead atoms. The largest absolute Gasteiger partial charge is 0.494 e. The van der Waals surface area contributed by atoms with Gasteiger partial charge in [-0.05, 0) is 73.8 Å². The second-order valence-corrected chi connectivity index (χ2v) is 12.4. The summed E-state index contributed by atoms with van der Waals surface area (Å²) in [6.45, 7) is 4.00. The molecule has 1 saturated heterocycles. The summed E-state index contributed by atoms with van der Waals surface area (Å²) >= 11 is 0. The van der Waals surface area contributed by atoms with Crippen molar-refractivity contribution in [1.82, 2.24) is 34.0 Å². The molecule has 0 spiro atoms. The monoisotopic (exact) mass is 577 g/mol. The van der Waals surface area contributed by atoms with E-state index in [9.17, 15) is 4.79 Å². The zero-order chi connectivity index (χ0) is 29.4. The average Bonchev–Trinajstić information content (AvgIpc) is 3.44. The number of rotatable bonds is 7. The Kier molecular flexibility index (Phi) is 5.96. The van der Waals surface area contributed by atoms with E-state index in [1.165, 1.54) is 19.3 Å². The zero-order valence-corrected chi connectivity index (χ0v) is 24.9. The average molecular weight is 578 g/mol. The van der Waals surface area contributed by atoms with E-state index in [2.05, 4.69) is 43.1 Å². The Morgan fingerprint density at radius 2 is 1.81 bits per heavy atom. The molecule has 220 valence electrons. The summed E-state index contributed by atoms with van der Waals surface area (Å²) < 4.78 is 15.4. The molecule has 5 aromatic rings. The summed E-state index contributed by atoms with van der Waals surface area (Å²) in [5, 5.41) is 1.04. The normalized spacial score (nSPS) is 21.3. The minimum atomic E-state index is 0.0774. The van der Waals surface area contributed by atoms with E-state index >= 15 is 0 Å². The molecule has 3 fully saturated rings. The van der Waals surface area contributed by atoms with Crippen molar-refractivity contribution in [3.63, 3.8) is 0 Å². The first-order valence-corrected chi connectivity index (χ1v) is 15.2. The van der Waals surface area contributed by atoms with Gasteiger partial charge in [-0.1, -0.05) is 6.92 Å². The number of amides is 1. The SMILES string of the molecule is COc1ncc(-c2ccc3cc(-c4nc5cc(C(=O)N6CC7CCC6[C@@H]7C)cc(OC)c5n4C)n(CC4CC4)c3n2)cn1. The Morgan fingerprint density at radius 1 is 1.00 bits per heavy atom. The van der Waals surface area contributed by atoms with E-state index in [0.717, 1.165) is 64.4 Å². The van der Waals surface area contributed by atoms with Gasteiger partial charge < -0.3 is 23.5 Å². The van der Waals surface area contributed by atoms with Crippen molar-refractivity contribution >= 4 is 28.0 Å². The summed E-state index contributed by atoms with van der Waals surface area (Å²) in [6.07, 6.45) is 8.21. The molecular weight excluding hydrogens is 542 g/mol. The van der Waals surface area contributed by atoms with Gasteiger partial charge in [-0.2, -0.15) is 0 Å². The third-order valence-corrected chi connectivity index (χ3v) is 9.89. The van der Waals surface area contributed by atoms with E-state index in [4.69, 9.17) is 19.4 Å². The lowest BCUT2D eigenvalue weighted by Gasteiger charge is -2.27. The predicted molar refractivity (Wildman–Crippen MR) is 163 cm³/mol. The lowest BCUT2D eigenvalue weighted by atomic mass is 10.0. The summed E-state index contributed by atoms with van der Waals surface area (Å²) in [4.78, 5) is 34.6. The standard InChI is InChI=1S/C33H35N7O3/c1-18-21-8-10-26(18)40(17-21)32(41)22-11-25-29(28(13-22)42-3)38(2)31(37-25)27-12-20-7-9-24(23-14-34-33(43-4)35-15-23)36-30(20)39(27)16-19-5-6-19/h7,9,11-15,18-19,21,26H,5-6,8,10,16-17H2,1-4H3/t18-,21?,26?/m1/s1. The number of likely N-dealkylation sites (tertiary alicyclic amines) is 1. The van der Waals surface area contributed by atoms with Crippen LogP contribution in [-0.4, -0.2) is 66.7 Å². The van der Waals surface area contributed by atoms with Crippen LogP contribution in [0.4, 0.5) is 0 Å².